The predicted molar refractivity (Wildman–Crippen MR) is 77.0 cm³/mol. The van der Waals surface area contributed by atoms with E-state index >= 15 is 0 Å². The number of aromatic nitrogens is 1. The van der Waals surface area contributed by atoms with Crippen molar-refractivity contribution in [2.24, 2.45) is 5.92 Å². The van der Waals surface area contributed by atoms with Crippen molar-refractivity contribution in [2.45, 2.75) is 32.9 Å². The summed E-state index contributed by atoms with van der Waals surface area (Å²) in [6, 6.07) is -0.424. The van der Waals surface area contributed by atoms with Gasteiger partial charge in [-0.15, -0.1) is 11.3 Å². The van der Waals surface area contributed by atoms with Gasteiger partial charge in [-0.05, 0) is 20.1 Å². The number of aliphatic hydroxyl groups excluding tert-OH is 1. The van der Waals surface area contributed by atoms with Gasteiger partial charge in [0.05, 0.1) is 22.8 Å². The number of thiazole rings is 1. The fourth-order valence-electron chi connectivity index (χ4n) is 1.59. The number of hydrogen-bond acceptors (Lipinski definition) is 5. The summed E-state index contributed by atoms with van der Waals surface area (Å²) in [6.45, 7) is 5.46. The van der Waals surface area contributed by atoms with Crippen LogP contribution >= 0.6 is 23.1 Å². The third kappa shape index (κ3) is 4.26. The summed E-state index contributed by atoms with van der Waals surface area (Å²) in [4.78, 5) is 16.3. The number of rotatable bonds is 6. The second-order valence-corrected chi connectivity index (χ2v) is 6.35. The molecule has 1 aromatic rings. The van der Waals surface area contributed by atoms with E-state index in [-0.39, 0.29) is 11.8 Å². The first-order chi connectivity index (χ1) is 8.45. The average molecular weight is 288 g/mol. The molecule has 0 aliphatic carbocycles. The zero-order valence-electron chi connectivity index (χ0n) is 11.1. The van der Waals surface area contributed by atoms with Gasteiger partial charge in [0.2, 0.25) is 5.91 Å². The molecule has 2 N–H and O–H groups in total. The topological polar surface area (TPSA) is 62.2 Å². The second-order valence-electron chi connectivity index (χ2n) is 4.37. The summed E-state index contributed by atoms with van der Waals surface area (Å²) in [5, 5.41) is 15.5. The first kappa shape index (κ1) is 15.5. The van der Waals surface area contributed by atoms with E-state index in [9.17, 15) is 9.90 Å². The number of nitrogens with one attached hydrogen (secondary N) is 1. The van der Waals surface area contributed by atoms with Crippen LogP contribution in [0.15, 0.2) is 5.38 Å². The lowest BCUT2D eigenvalue weighted by Crippen LogP contribution is -2.38. The smallest absolute Gasteiger partial charge is 0.224 e. The Morgan fingerprint density at radius 3 is 2.72 bits per heavy atom. The Kier molecular flexibility index (Phi) is 6.11. The van der Waals surface area contributed by atoms with E-state index in [0.29, 0.717) is 0 Å². The van der Waals surface area contributed by atoms with Gasteiger partial charge in [-0.2, -0.15) is 11.8 Å². The van der Waals surface area contributed by atoms with E-state index in [1.165, 1.54) is 11.3 Å². The molecule has 0 saturated heterocycles. The number of carbonyl (C=O) groups excluding carboxylic acids is 1. The van der Waals surface area contributed by atoms with Crippen LogP contribution in [0, 0.1) is 12.8 Å². The van der Waals surface area contributed by atoms with E-state index in [2.05, 4.69) is 10.3 Å². The van der Waals surface area contributed by atoms with E-state index in [0.717, 1.165) is 16.5 Å². The maximum absolute atomic E-state index is 12.0. The summed E-state index contributed by atoms with van der Waals surface area (Å²) < 4.78 is 0. The van der Waals surface area contributed by atoms with Crippen LogP contribution in [0.5, 0.6) is 0 Å². The molecule has 3 atom stereocenters. The fraction of sp³-hybridized carbons (Fsp3) is 0.667. The van der Waals surface area contributed by atoms with Crippen LogP contribution < -0.4 is 5.32 Å². The zero-order chi connectivity index (χ0) is 13.7. The Labute approximate surface area is 116 Å². The van der Waals surface area contributed by atoms with Gasteiger partial charge in [-0.3, -0.25) is 4.79 Å². The van der Waals surface area contributed by atoms with Crippen LogP contribution in [0.3, 0.4) is 0 Å². The number of aryl methyl sites for hydroxylation is 1. The van der Waals surface area contributed by atoms with Crippen molar-refractivity contribution in [3.63, 3.8) is 0 Å². The number of thioether (sulfide) groups is 1. The van der Waals surface area contributed by atoms with Crippen molar-refractivity contribution in [3.05, 3.63) is 16.1 Å². The molecule has 0 fully saturated rings. The molecule has 0 aliphatic heterocycles. The van der Waals surface area contributed by atoms with E-state index in [4.69, 9.17) is 0 Å². The number of aliphatic hydroxyl groups is 1. The first-order valence-corrected chi connectivity index (χ1v) is 8.12. The molecule has 0 bridgehead atoms. The molecular formula is C12H20N2O2S2. The van der Waals surface area contributed by atoms with Crippen molar-refractivity contribution in [3.8, 4) is 0 Å². The normalized spacial score (nSPS) is 16.1. The van der Waals surface area contributed by atoms with Crippen LogP contribution in [-0.2, 0) is 4.79 Å². The van der Waals surface area contributed by atoms with Crippen LogP contribution in [-0.4, -0.2) is 34.1 Å². The molecule has 0 saturated carbocycles. The third-order valence-electron chi connectivity index (χ3n) is 2.60. The van der Waals surface area contributed by atoms with Gasteiger partial charge in [0, 0.05) is 17.1 Å². The highest BCUT2D eigenvalue weighted by Gasteiger charge is 2.24. The molecule has 6 heteroatoms. The lowest BCUT2D eigenvalue weighted by atomic mass is 10.1. The quantitative estimate of drug-likeness (QED) is 0.840. The first-order valence-electron chi connectivity index (χ1n) is 5.85. The number of carbonyl (C=O) groups is 1. The molecule has 1 aromatic heterocycles. The van der Waals surface area contributed by atoms with Crippen molar-refractivity contribution in [2.75, 3.05) is 12.0 Å². The Morgan fingerprint density at radius 1 is 1.61 bits per heavy atom. The average Bonchev–Trinajstić information content (AvgIpc) is 2.72. The van der Waals surface area contributed by atoms with Crippen molar-refractivity contribution < 1.29 is 9.90 Å². The summed E-state index contributed by atoms with van der Waals surface area (Å²) in [7, 11) is 0. The van der Waals surface area contributed by atoms with Gasteiger partial charge in [-0.25, -0.2) is 4.98 Å². The third-order valence-corrected chi connectivity index (χ3v) is 4.22. The lowest BCUT2D eigenvalue weighted by Gasteiger charge is -2.21. The highest BCUT2D eigenvalue weighted by Crippen LogP contribution is 2.20. The molecular weight excluding hydrogens is 268 g/mol. The minimum Gasteiger partial charge on any atom is -0.391 e. The molecule has 1 rings (SSSR count). The van der Waals surface area contributed by atoms with Crippen LogP contribution in [0.25, 0.3) is 0 Å². The maximum atomic E-state index is 12.0. The number of hydrogen-bond donors (Lipinski definition) is 2. The molecule has 0 radical (unpaired) electrons. The minimum atomic E-state index is -0.656. The minimum absolute atomic E-state index is 0.0408. The van der Waals surface area contributed by atoms with Crippen LogP contribution in [0.4, 0.5) is 0 Å². The summed E-state index contributed by atoms with van der Waals surface area (Å²) in [5.41, 5.74) is 0.734. The number of nitrogens with zero attached hydrogens (tertiary/aromatic N) is 1. The van der Waals surface area contributed by atoms with Crippen LogP contribution in [0.1, 0.15) is 30.6 Å². The maximum Gasteiger partial charge on any atom is 0.224 e. The molecule has 1 heterocycles. The van der Waals surface area contributed by atoms with Gasteiger partial charge in [0.1, 0.15) is 0 Å². The number of amides is 1. The Bertz CT molecular complexity index is 393. The summed E-state index contributed by atoms with van der Waals surface area (Å²) in [5.74, 6) is 0.663. The molecule has 0 aliphatic rings. The Morgan fingerprint density at radius 2 is 2.28 bits per heavy atom. The zero-order valence-corrected chi connectivity index (χ0v) is 12.8. The Balaban J connectivity index is 2.73. The lowest BCUT2D eigenvalue weighted by molar-refractivity contribution is -0.125. The van der Waals surface area contributed by atoms with Crippen LogP contribution in [0.2, 0.25) is 0 Å². The molecule has 0 spiro atoms. The SMILES string of the molecule is CSCC(C)C(=O)NC(c1csc(C)n1)C(C)O. The molecule has 4 nitrogen and oxygen atoms in total. The molecule has 102 valence electrons. The van der Waals surface area contributed by atoms with E-state index < -0.39 is 12.1 Å². The predicted octanol–water partition coefficient (Wildman–Crippen LogP) is 1.99. The summed E-state index contributed by atoms with van der Waals surface area (Å²) in [6.07, 6.45) is 1.32. The van der Waals surface area contributed by atoms with Gasteiger partial charge in [0.15, 0.2) is 0 Å². The molecule has 1 amide bonds. The molecule has 18 heavy (non-hydrogen) atoms. The highest BCUT2D eigenvalue weighted by atomic mass is 32.2. The molecule has 3 unspecified atom stereocenters. The van der Waals surface area contributed by atoms with E-state index in [1.54, 1.807) is 18.7 Å². The summed E-state index contributed by atoms with van der Waals surface area (Å²) >= 11 is 3.15. The Hall–Kier alpha value is -0.590. The van der Waals surface area contributed by atoms with Gasteiger partial charge < -0.3 is 10.4 Å². The van der Waals surface area contributed by atoms with Crippen molar-refractivity contribution in [1.82, 2.24) is 10.3 Å². The van der Waals surface area contributed by atoms with Gasteiger partial charge in [0.25, 0.3) is 0 Å². The largest absolute Gasteiger partial charge is 0.391 e. The second kappa shape index (κ2) is 7.11. The monoisotopic (exact) mass is 288 g/mol. The standard InChI is InChI=1S/C12H20N2O2S2/c1-7(5-17-4)12(16)14-11(8(2)15)10-6-18-9(3)13-10/h6-8,11,15H,5H2,1-4H3,(H,14,16). The van der Waals surface area contributed by atoms with Gasteiger partial charge >= 0.3 is 0 Å². The fourth-order valence-corrected chi connectivity index (χ4v) is 2.89. The van der Waals surface area contributed by atoms with Crippen molar-refractivity contribution in [1.29, 1.82) is 0 Å². The van der Waals surface area contributed by atoms with Gasteiger partial charge in [-0.1, -0.05) is 6.92 Å². The molecule has 0 aromatic carbocycles. The van der Waals surface area contributed by atoms with E-state index in [1.807, 2.05) is 25.5 Å². The highest BCUT2D eigenvalue weighted by molar-refractivity contribution is 7.98. The van der Waals surface area contributed by atoms with Crippen molar-refractivity contribution >= 4 is 29.0 Å².